The molecule has 0 bridgehead atoms. The third-order valence-corrected chi connectivity index (χ3v) is 6.25. The van der Waals surface area contributed by atoms with E-state index >= 15 is 0 Å². The molecule has 0 spiro atoms. The van der Waals surface area contributed by atoms with Gasteiger partial charge in [-0.15, -0.1) is 0 Å². The van der Waals surface area contributed by atoms with Gasteiger partial charge in [0.1, 0.15) is 17.5 Å². The van der Waals surface area contributed by atoms with Gasteiger partial charge in [-0.25, -0.2) is 9.18 Å². The second-order valence-corrected chi connectivity index (χ2v) is 8.32. The van der Waals surface area contributed by atoms with Gasteiger partial charge in [0.25, 0.3) is 5.91 Å². The summed E-state index contributed by atoms with van der Waals surface area (Å²) in [5.41, 5.74) is 5.58. The third kappa shape index (κ3) is 4.37. The highest BCUT2D eigenvalue weighted by molar-refractivity contribution is 5.98. The molecular formula is C22H25FN6O3. The summed E-state index contributed by atoms with van der Waals surface area (Å²) in [5, 5.41) is 17.0. The number of nitrogens with zero attached hydrogens (tertiary/aromatic N) is 4. The first-order valence-corrected chi connectivity index (χ1v) is 10.7. The van der Waals surface area contributed by atoms with Crippen molar-refractivity contribution >= 4 is 23.5 Å². The third-order valence-electron chi connectivity index (χ3n) is 6.25. The van der Waals surface area contributed by atoms with Crippen LogP contribution in [-0.4, -0.2) is 45.9 Å². The van der Waals surface area contributed by atoms with Gasteiger partial charge in [-0.05, 0) is 56.4 Å². The van der Waals surface area contributed by atoms with Gasteiger partial charge in [-0.2, -0.15) is 10.4 Å². The van der Waals surface area contributed by atoms with E-state index in [0.717, 1.165) is 19.3 Å². The maximum Gasteiger partial charge on any atom is 0.410 e. The SMILES string of the molecule is N#CCC1(n2cc(C(N)=O)c(Nc3ccc(F)cc3)n2)CCN(C(=O)OC2CCC2)CC1. The molecule has 1 saturated heterocycles. The topological polar surface area (TPSA) is 126 Å². The molecule has 0 radical (unpaired) electrons. The number of rotatable bonds is 6. The smallest absolute Gasteiger partial charge is 0.410 e. The number of aromatic nitrogens is 2. The van der Waals surface area contributed by atoms with E-state index in [2.05, 4.69) is 16.5 Å². The number of nitrogens with two attached hydrogens (primary N) is 1. The van der Waals surface area contributed by atoms with Gasteiger partial charge in [0, 0.05) is 25.0 Å². The minimum Gasteiger partial charge on any atom is -0.446 e. The number of ether oxygens (including phenoxy) is 1. The molecule has 1 saturated carbocycles. The summed E-state index contributed by atoms with van der Waals surface area (Å²) in [6, 6.07) is 7.84. The summed E-state index contributed by atoms with van der Waals surface area (Å²) >= 11 is 0. The summed E-state index contributed by atoms with van der Waals surface area (Å²) in [5.74, 6) is -0.825. The molecule has 32 heavy (non-hydrogen) atoms. The Morgan fingerprint density at radius 1 is 1.28 bits per heavy atom. The lowest BCUT2D eigenvalue weighted by Crippen LogP contribution is -2.49. The Bertz CT molecular complexity index is 1030. The number of carbonyl (C=O) groups is 2. The Hall–Kier alpha value is -3.61. The minimum absolute atomic E-state index is 0.0117. The first kappa shape index (κ1) is 21.6. The molecule has 1 aromatic carbocycles. The normalized spacial score (nSPS) is 17.8. The van der Waals surface area contributed by atoms with E-state index in [-0.39, 0.29) is 35.8 Å². The average Bonchev–Trinajstić information content (AvgIpc) is 3.18. The lowest BCUT2D eigenvalue weighted by molar-refractivity contribution is 0.0129. The Balaban J connectivity index is 1.54. The van der Waals surface area contributed by atoms with Gasteiger partial charge in [0.15, 0.2) is 5.82 Å². The molecule has 2 amide bonds. The van der Waals surface area contributed by atoms with Crippen LogP contribution < -0.4 is 11.1 Å². The van der Waals surface area contributed by atoms with Crippen molar-refractivity contribution in [3.8, 4) is 6.07 Å². The number of hydrogen-bond donors (Lipinski definition) is 2. The molecule has 0 unspecified atom stereocenters. The van der Waals surface area contributed by atoms with Crippen LogP contribution in [0.15, 0.2) is 30.5 Å². The number of nitriles is 1. The second kappa shape index (κ2) is 8.86. The largest absolute Gasteiger partial charge is 0.446 e. The van der Waals surface area contributed by atoms with Crippen molar-refractivity contribution in [1.82, 2.24) is 14.7 Å². The quantitative estimate of drug-likeness (QED) is 0.710. The number of amides is 2. The molecule has 1 aliphatic carbocycles. The Morgan fingerprint density at radius 2 is 1.97 bits per heavy atom. The molecule has 2 fully saturated rings. The fraction of sp³-hybridized carbons (Fsp3) is 0.455. The van der Waals surface area contributed by atoms with E-state index in [1.165, 1.54) is 30.5 Å². The van der Waals surface area contributed by atoms with Gasteiger partial charge in [0.05, 0.1) is 18.0 Å². The summed E-state index contributed by atoms with van der Waals surface area (Å²) in [6.07, 6.45) is 5.25. The number of hydrogen-bond acceptors (Lipinski definition) is 6. The second-order valence-electron chi connectivity index (χ2n) is 8.32. The predicted molar refractivity (Wildman–Crippen MR) is 114 cm³/mol. The summed E-state index contributed by atoms with van der Waals surface area (Å²) < 4.78 is 20.3. The highest BCUT2D eigenvalue weighted by atomic mass is 19.1. The fourth-order valence-electron chi connectivity index (χ4n) is 4.00. The molecule has 0 atom stereocenters. The van der Waals surface area contributed by atoms with E-state index in [9.17, 15) is 19.2 Å². The monoisotopic (exact) mass is 440 g/mol. The van der Waals surface area contributed by atoms with Crippen LogP contribution in [0, 0.1) is 17.1 Å². The highest BCUT2D eigenvalue weighted by Crippen LogP contribution is 2.35. The van der Waals surface area contributed by atoms with Gasteiger partial charge >= 0.3 is 6.09 Å². The number of carbonyl (C=O) groups excluding carboxylic acids is 2. The maximum atomic E-state index is 13.2. The maximum absolute atomic E-state index is 13.2. The first-order chi connectivity index (χ1) is 15.4. The van der Waals surface area contributed by atoms with E-state index in [0.29, 0.717) is 31.6 Å². The lowest BCUT2D eigenvalue weighted by Gasteiger charge is -2.41. The van der Waals surface area contributed by atoms with Crippen LogP contribution in [0.2, 0.25) is 0 Å². The zero-order chi connectivity index (χ0) is 22.7. The fourth-order valence-corrected chi connectivity index (χ4v) is 4.00. The number of benzene rings is 1. The zero-order valence-corrected chi connectivity index (χ0v) is 17.6. The number of anilines is 2. The molecule has 4 rings (SSSR count). The first-order valence-electron chi connectivity index (χ1n) is 10.7. The van der Waals surface area contributed by atoms with Gasteiger partial charge in [0.2, 0.25) is 0 Å². The van der Waals surface area contributed by atoms with Crippen molar-refractivity contribution in [2.24, 2.45) is 5.73 Å². The minimum atomic E-state index is -0.686. The highest BCUT2D eigenvalue weighted by Gasteiger charge is 2.40. The van der Waals surface area contributed by atoms with Gasteiger partial charge < -0.3 is 20.7 Å². The molecule has 9 nitrogen and oxygen atoms in total. The lowest BCUT2D eigenvalue weighted by atomic mass is 9.85. The van der Waals surface area contributed by atoms with Crippen molar-refractivity contribution in [2.45, 2.75) is 50.2 Å². The Labute approximate surface area is 184 Å². The van der Waals surface area contributed by atoms with Crippen molar-refractivity contribution in [3.63, 3.8) is 0 Å². The number of primary amides is 1. The molecule has 3 N–H and O–H groups in total. The van der Waals surface area contributed by atoms with Crippen LogP contribution in [0.5, 0.6) is 0 Å². The van der Waals surface area contributed by atoms with E-state index in [1.807, 2.05) is 0 Å². The van der Waals surface area contributed by atoms with Crippen molar-refractivity contribution in [1.29, 1.82) is 5.26 Å². The Morgan fingerprint density at radius 3 is 2.53 bits per heavy atom. The van der Waals surface area contributed by atoms with Crippen LogP contribution >= 0.6 is 0 Å². The number of halogens is 1. The number of nitrogens with one attached hydrogen (secondary N) is 1. The van der Waals surface area contributed by atoms with Crippen molar-refractivity contribution in [2.75, 3.05) is 18.4 Å². The predicted octanol–water partition coefficient (Wildman–Crippen LogP) is 3.26. The van der Waals surface area contributed by atoms with Crippen LogP contribution in [-0.2, 0) is 10.3 Å². The summed E-state index contributed by atoms with van der Waals surface area (Å²) in [6.45, 7) is 0.833. The van der Waals surface area contributed by atoms with Gasteiger partial charge in [-0.1, -0.05) is 0 Å². The molecule has 1 aromatic heterocycles. The molecule has 2 aliphatic rings. The standard InChI is InChI=1S/C22H25FN6O3/c23-15-4-6-16(7-5-15)26-20-18(19(25)30)14-29(27-20)22(8-11-24)9-12-28(13-10-22)21(31)32-17-2-1-3-17/h4-7,14,17H,1-3,8-10,12-13H2,(H2,25,30)(H,26,27). The molecule has 2 aromatic rings. The van der Waals surface area contributed by atoms with Crippen LogP contribution in [0.3, 0.4) is 0 Å². The number of piperidine rings is 1. The molecular weight excluding hydrogens is 415 g/mol. The Kier molecular flexibility index (Phi) is 5.99. The molecule has 10 heteroatoms. The van der Waals surface area contributed by atoms with Crippen LogP contribution in [0.4, 0.5) is 20.7 Å². The van der Waals surface area contributed by atoms with E-state index < -0.39 is 11.4 Å². The molecule has 2 heterocycles. The van der Waals surface area contributed by atoms with E-state index in [4.69, 9.17) is 10.5 Å². The summed E-state index contributed by atoms with van der Waals surface area (Å²) in [4.78, 5) is 26.1. The molecule has 1 aliphatic heterocycles. The zero-order valence-electron chi connectivity index (χ0n) is 17.6. The van der Waals surface area contributed by atoms with Crippen LogP contribution in [0.25, 0.3) is 0 Å². The van der Waals surface area contributed by atoms with Crippen molar-refractivity contribution < 1.29 is 18.7 Å². The summed E-state index contributed by atoms with van der Waals surface area (Å²) in [7, 11) is 0. The van der Waals surface area contributed by atoms with Crippen LogP contribution in [0.1, 0.15) is 48.9 Å². The molecule has 168 valence electrons. The average molecular weight is 440 g/mol. The van der Waals surface area contributed by atoms with Crippen molar-refractivity contribution in [3.05, 3.63) is 41.8 Å². The number of likely N-dealkylation sites (tertiary alicyclic amines) is 1. The van der Waals surface area contributed by atoms with Gasteiger partial charge in [-0.3, -0.25) is 9.48 Å². The van der Waals surface area contributed by atoms with E-state index in [1.54, 1.807) is 9.58 Å².